The first kappa shape index (κ1) is 41.6. The number of nitrogens with zero attached hydrogens (tertiary/aromatic N) is 3. The predicted molar refractivity (Wildman–Crippen MR) is 321 cm³/mol. The first-order chi connectivity index (χ1) is 37.7. The van der Waals surface area contributed by atoms with Crippen molar-refractivity contribution in [2.24, 2.45) is 0 Å². The fourth-order valence-corrected chi connectivity index (χ4v) is 13.5. The van der Waals surface area contributed by atoms with Crippen LogP contribution in [0.15, 0.2) is 267 Å². The van der Waals surface area contributed by atoms with Gasteiger partial charge in [0.15, 0.2) is 0 Å². The minimum atomic E-state index is -0.0117. The first-order valence-electron chi connectivity index (χ1n) is 26.4. The summed E-state index contributed by atoms with van der Waals surface area (Å²) in [6, 6.07) is 99.4. The Morgan fingerprint density at radius 3 is 1.59 bits per heavy atom. The van der Waals surface area contributed by atoms with Crippen LogP contribution >= 0.6 is 0 Å². The van der Waals surface area contributed by atoms with Gasteiger partial charge in [0.2, 0.25) is 0 Å². The lowest BCUT2D eigenvalue weighted by atomic mass is 9.32. The highest BCUT2D eigenvalue weighted by atomic mass is 15.2. The Balaban J connectivity index is 0.918. The van der Waals surface area contributed by atoms with Crippen molar-refractivity contribution in [1.82, 2.24) is 13.5 Å². The van der Waals surface area contributed by atoms with Gasteiger partial charge < -0.3 is 0 Å². The number of fused-ring (bicyclic) bond motifs is 13. The highest BCUT2D eigenvalue weighted by Crippen LogP contribution is 2.45. The summed E-state index contributed by atoms with van der Waals surface area (Å²) < 4.78 is 7.77. The van der Waals surface area contributed by atoms with E-state index in [0.717, 1.165) is 5.69 Å². The second-order valence-corrected chi connectivity index (χ2v) is 20.8. The van der Waals surface area contributed by atoms with Crippen LogP contribution in [0.1, 0.15) is 0 Å². The van der Waals surface area contributed by atoms with Crippen molar-refractivity contribution in [3.8, 4) is 78.1 Å². The molecule has 0 bridgehead atoms. The standard InChI is InChI=1S/C72H44BN3/c1-4-18-45(19-5-1)49-27-15-29-56(42-49)74-64-34-13-12-30-61(64)70-72(74)76-66-44-51-25-11-10-24-50(51)43-62(66)69-71(76)75(70)65-35-17-32-60-59-37-36-57(58-31-16-33-63(67(58)59)73(69)68(60)65)52-28-14-26-48(38-52)55-40-53(46-20-6-2-7-21-46)39-54(41-55)47-22-8-3-9-23-47/h1-44H. The van der Waals surface area contributed by atoms with Crippen molar-refractivity contribution < 1.29 is 0 Å². The van der Waals surface area contributed by atoms with Gasteiger partial charge >= 0.3 is 0 Å². The minimum Gasteiger partial charge on any atom is -0.294 e. The normalized spacial score (nSPS) is 12.4. The summed E-state index contributed by atoms with van der Waals surface area (Å²) in [4.78, 5) is 0. The SMILES string of the molecule is c1ccc(-c2cc(-c3ccccc3)cc(-c3cccc(-c4ccc5c6c(cccc46)B4c6c-5cccc6-n5c6c7ccccc7n(-c7cccc(-c8ccccc8)c7)c6n6c7cc8ccccc8cc7c4c56)c3)c2)cc1. The van der Waals surface area contributed by atoms with Crippen molar-refractivity contribution >= 4 is 83.3 Å². The van der Waals surface area contributed by atoms with Crippen LogP contribution in [0.5, 0.6) is 0 Å². The van der Waals surface area contributed by atoms with Gasteiger partial charge in [-0.15, -0.1) is 0 Å². The molecule has 5 heterocycles. The third-order valence-corrected chi connectivity index (χ3v) is 16.8. The second-order valence-electron chi connectivity index (χ2n) is 20.8. The lowest BCUT2D eigenvalue weighted by Gasteiger charge is -2.33. The first-order valence-corrected chi connectivity index (χ1v) is 26.4. The summed E-state index contributed by atoms with van der Waals surface area (Å²) in [5.41, 5.74) is 27.2. The minimum absolute atomic E-state index is 0.0117. The van der Waals surface area contributed by atoms with Crippen molar-refractivity contribution in [3.05, 3.63) is 267 Å². The molecule has 0 unspecified atom stereocenters. The molecule has 2 aliphatic heterocycles. The zero-order chi connectivity index (χ0) is 49.6. The van der Waals surface area contributed by atoms with E-state index in [1.165, 1.54) is 149 Å². The third-order valence-electron chi connectivity index (χ3n) is 16.8. The fourth-order valence-electron chi connectivity index (χ4n) is 13.5. The Morgan fingerprint density at radius 1 is 0.289 bits per heavy atom. The van der Waals surface area contributed by atoms with E-state index in [1.54, 1.807) is 0 Å². The predicted octanol–water partition coefficient (Wildman–Crippen LogP) is 16.4. The molecule has 2 aliphatic rings. The summed E-state index contributed by atoms with van der Waals surface area (Å²) in [7, 11) is 0. The molecule has 0 amide bonds. The summed E-state index contributed by atoms with van der Waals surface area (Å²) in [5, 5.41) is 7.62. The Morgan fingerprint density at radius 2 is 0.842 bits per heavy atom. The monoisotopic (exact) mass is 961 g/mol. The highest BCUT2D eigenvalue weighted by Gasteiger charge is 2.43. The number of hydrogen-bond donors (Lipinski definition) is 0. The molecule has 0 aliphatic carbocycles. The third kappa shape index (κ3) is 5.84. The van der Waals surface area contributed by atoms with E-state index in [0.29, 0.717) is 0 Å². The van der Waals surface area contributed by atoms with Crippen LogP contribution in [0.25, 0.3) is 138 Å². The molecule has 0 saturated carbocycles. The smallest absolute Gasteiger partial charge is 0.251 e. The second kappa shape index (κ2) is 15.8. The van der Waals surface area contributed by atoms with Crippen LogP contribution < -0.4 is 16.4 Å². The van der Waals surface area contributed by atoms with Gasteiger partial charge in [0.05, 0.1) is 16.6 Å². The molecule has 0 fully saturated rings. The molecular weight excluding hydrogens is 918 g/mol. The molecule has 0 atom stereocenters. The zero-order valence-electron chi connectivity index (χ0n) is 41.3. The molecule has 12 aromatic carbocycles. The maximum absolute atomic E-state index is 2.63. The molecule has 0 N–H and O–H groups in total. The van der Waals surface area contributed by atoms with Gasteiger partial charge in [-0.05, 0) is 165 Å². The molecule has 17 rings (SSSR count). The van der Waals surface area contributed by atoms with Gasteiger partial charge in [-0.3, -0.25) is 13.5 Å². The summed E-state index contributed by atoms with van der Waals surface area (Å²) >= 11 is 0. The lowest BCUT2D eigenvalue weighted by Crippen LogP contribution is -2.58. The maximum Gasteiger partial charge on any atom is 0.251 e. The Hall–Kier alpha value is -9.90. The highest BCUT2D eigenvalue weighted by molar-refractivity contribution is 7.02. The lowest BCUT2D eigenvalue weighted by molar-refractivity contribution is 1.11. The van der Waals surface area contributed by atoms with E-state index in [1.807, 2.05) is 0 Å². The van der Waals surface area contributed by atoms with Crippen LogP contribution in [0.2, 0.25) is 0 Å². The van der Waals surface area contributed by atoms with E-state index in [9.17, 15) is 0 Å². The molecule has 0 saturated heterocycles. The average Bonchev–Trinajstić information content (AvgIpc) is 4.10. The van der Waals surface area contributed by atoms with Crippen molar-refractivity contribution in [2.75, 3.05) is 0 Å². The van der Waals surface area contributed by atoms with Crippen LogP contribution in [-0.4, -0.2) is 20.2 Å². The van der Waals surface area contributed by atoms with E-state index >= 15 is 0 Å². The van der Waals surface area contributed by atoms with E-state index in [4.69, 9.17) is 0 Å². The number of rotatable bonds is 6. The average molecular weight is 962 g/mol. The molecule has 0 spiro atoms. The summed E-state index contributed by atoms with van der Waals surface area (Å²) in [6.07, 6.45) is 0. The van der Waals surface area contributed by atoms with Crippen LogP contribution in [-0.2, 0) is 0 Å². The Labute approximate surface area is 439 Å². The maximum atomic E-state index is 2.63. The van der Waals surface area contributed by atoms with E-state index < -0.39 is 0 Å². The number of para-hydroxylation sites is 1. The fraction of sp³-hybridized carbons (Fsp3) is 0. The number of hydrogen-bond acceptors (Lipinski definition) is 0. The molecular formula is C72H44BN3. The van der Waals surface area contributed by atoms with Gasteiger partial charge in [0, 0.05) is 16.8 Å². The number of imidazole rings is 1. The van der Waals surface area contributed by atoms with Crippen LogP contribution in [0, 0.1) is 0 Å². The van der Waals surface area contributed by atoms with Crippen LogP contribution in [0.3, 0.4) is 0 Å². The van der Waals surface area contributed by atoms with Gasteiger partial charge in [0.1, 0.15) is 11.3 Å². The van der Waals surface area contributed by atoms with Crippen molar-refractivity contribution in [2.45, 2.75) is 0 Å². The summed E-state index contributed by atoms with van der Waals surface area (Å²) in [6.45, 7) is -0.0117. The topological polar surface area (TPSA) is 14.3 Å². The molecule has 350 valence electrons. The number of benzene rings is 12. The molecule has 76 heavy (non-hydrogen) atoms. The summed E-state index contributed by atoms with van der Waals surface area (Å²) in [5.74, 6) is 0. The Kier molecular flexibility index (Phi) is 8.64. The number of aromatic nitrogens is 3. The molecule has 3 nitrogen and oxygen atoms in total. The van der Waals surface area contributed by atoms with Crippen LogP contribution in [0.4, 0.5) is 0 Å². The van der Waals surface area contributed by atoms with Gasteiger partial charge in [-0.1, -0.05) is 212 Å². The Bertz CT molecular complexity index is 4870. The molecule has 3 aromatic heterocycles. The van der Waals surface area contributed by atoms with Gasteiger partial charge in [0.25, 0.3) is 6.71 Å². The molecule has 0 radical (unpaired) electrons. The largest absolute Gasteiger partial charge is 0.294 e. The quantitative estimate of drug-likeness (QED) is 0.148. The molecule has 4 heteroatoms. The zero-order valence-corrected chi connectivity index (χ0v) is 41.3. The van der Waals surface area contributed by atoms with Crippen molar-refractivity contribution in [1.29, 1.82) is 0 Å². The van der Waals surface area contributed by atoms with E-state index in [2.05, 4.69) is 280 Å². The molecule has 15 aromatic rings. The van der Waals surface area contributed by atoms with Gasteiger partial charge in [-0.2, -0.15) is 0 Å². The van der Waals surface area contributed by atoms with Crippen molar-refractivity contribution in [3.63, 3.8) is 0 Å². The van der Waals surface area contributed by atoms with E-state index in [-0.39, 0.29) is 6.71 Å². The van der Waals surface area contributed by atoms with Gasteiger partial charge in [-0.25, -0.2) is 0 Å².